The second-order valence-corrected chi connectivity index (χ2v) is 25.3. The number of hydrogen-bond donors (Lipinski definition) is 0. The van der Waals surface area contributed by atoms with Gasteiger partial charge in [-0.25, -0.2) is 0 Å². The van der Waals surface area contributed by atoms with E-state index in [1.807, 2.05) is 0 Å². The van der Waals surface area contributed by atoms with E-state index in [2.05, 4.69) is 168 Å². The van der Waals surface area contributed by atoms with Crippen LogP contribution >= 0.6 is 0 Å². The highest BCUT2D eigenvalue weighted by Gasteiger charge is 2.58. The van der Waals surface area contributed by atoms with Gasteiger partial charge in [-0.1, -0.05) is 135 Å². The molecule has 0 amide bonds. The maximum Gasteiger partial charge on any atom is 0.333 e. The van der Waals surface area contributed by atoms with Gasteiger partial charge in [0.15, 0.2) is 5.58 Å². The third-order valence-corrected chi connectivity index (χ3v) is 22.1. The molecule has 1 spiro atoms. The maximum atomic E-state index is 7.34. The third kappa shape index (κ3) is 4.63. The summed E-state index contributed by atoms with van der Waals surface area (Å²) in [5.74, 6) is 4.31. The average molecular weight is 941 g/mol. The molecule has 2 unspecified atom stereocenters. The van der Waals surface area contributed by atoms with Gasteiger partial charge in [0.05, 0.1) is 22.1 Å². The minimum Gasteiger partial charge on any atom is -0.454 e. The van der Waals surface area contributed by atoms with Crippen molar-refractivity contribution in [3.05, 3.63) is 185 Å². The summed E-state index contributed by atoms with van der Waals surface area (Å²) in [6.45, 7) is 2.42. The zero-order valence-corrected chi connectivity index (χ0v) is 41.7. The lowest BCUT2D eigenvalue weighted by Crippen LogP contribution is -2.62. The first kappa shape index (κ1) is 39.7. The number of furan rings is 1. The normalized spacial score (nSPS) is 27.5. The molecule has 4 heteroatoms. The van der Waals surface area contributed by atoms with E-state index in [0.29, 0.717) is 0 Å². The summed E-state index contributed by atoms with van der Waals surface area (Å²) in [4.78, 5) is 2.86. The van der Waals surface area contributed by atoms with Crippen molar-refractivity contribution in [2.24, 2.45) is 29.6 Å². The molecule has 5 heterocycles. The van der Waals surface area contributed by atoms with E-state index in [4.69, 9.17) is 4.42 Å². The van der Waals surface area contributed by atoms with Crippen LogP contribution < -0.4 is 15.7 Å². The molecule has 2 atom stereocenters. The number of anilines is 2. The zero-order valence-electron chi connectivity index (χ0n) is 41.7. The fraction of sp³-hybridized carbons (Fsp3) is 0.304. The molecule has 6 saturated carbocycles. The van der Waals surface area contributed by atoms with Crippen LogP contribution in [0.25, 0.3) is 71.7 Å². The van der Waals surface area contributed by atoms with Gasteiger partial charge >= 0.3 is 6.85 Å². The highest BCUT2D eigenvalue weighted by atomic mass is 16.3. The van der Waals surface area contributed by atoms with Gasteiger partial charge in [-0.05, 0) is 202 Å². The summed E-state index contributed by atoms with van der Waals surface area (Å²) in [7, 11) is 0. The van der Waals surface area contributed by atoms with Gasteiger partial charge < -0.3 is 13.8 Å². The average Bonchev–Trinajstić information content (AvgIpc) is 4.27. The Kier molecular flexibility index (Phi) is 7.24. The SMILES string of the molecule is CCC1(c2ccc3c(c2)c2cc(C45CC6CC(CC(C6)C4)C5)cc4c2n3-c2c3c(cc5c2oc2ccccc25)-c2cccc5c2N(B34)c2ccccc2C52c3ccccc3-c3ccccc32)CC2CCC(C2)C1. The predicted molar refractivity (Wildman–Crippen MR) is 300 cm³/mol. The van der Waals surface area contributed by atoms with Gasteiger partial charge in [-0.15, -0.1) is 0 Å². The first-order valence-electron chi connectivity index (χ1n) is 28.3. The van der Waals surface area contributed by atoms with Crippen molar-refractivity contribution in [2.75, 3.05) is 4.81 Å². The number of fused-ring (bicyclic) bond motifs is 22. The number of rotatable bonds is 3. The first-order valence-corrected chi connectivity index (χ1v) is 28.3. The van der Waals surface area contributed by atoms with Crippen LogP contribution in [-0.4, -0.2) is 11.4 Å². The fourth-order valence-corrected chi connectivity index (χ4v) is 19.9. The Bertz CT molecular complexity index is 4070. The minimum absolute atomic E-state index is 0.0785. The molecule has 0 radical (unpaired) electrons. The van der Waals surface area contributed by atoms with E-state index in [9.17, 15) is 0 Å². The standard InChI is InChI=1S/C69H57BN2O/c1-2-67(34-39-22-23-40(26-39)35-67)44-24-25-59-50(30-44)52-31-45(68-36-41-27-42(37-68)29-43(28-41)38-68)32-58-64(52)71(59)65-62-51(33-53-48-14-5-10-21-61(48)73-66(53)65)49-15-11-19-57-63(49)72(70(58)62)60-20-9-8-18-56(60)69(57)54-16-6-3-12-46(54)47-13-4-7-17-55(47)69/h3-21,24-25,30-33,39-43H,2,22-23,26-29,34-38H2,1H3. The number of hydrogen-bond acceptors (Lipinski definition) is 2. The second-order valence-electron chi connectivity index (χ2n) is 25.3. The van der Waals surface area contributed by atoms with E-state index in [-0.39, 0.29) is 17.7 Å². The summed E-state index contributed by atoms with van der Waals surface area (Å²) in [6, 6.07) is 60.4. The third-order valence-electron chi connectivity index (χ3n) is 22.1. The van der Waals surface area contributed by atoms with Crippen molar-refractivity contribution in [3.8, 4) is 27.9 Å². The molecule has 0 N–H and O–H groups in total. The molecule has 10 aliphatic rings. The fourth-order valence-electron chi connectivity index (χ4n) is 19.9. The first-order chi connectivity index (χ1) is 36.0. The molecular weight excluding hydrogens is 884 g/mol. The summed E-state index contributed by atoms with van der Waals surface area (Å²) in [6.07, 6.45) is 16.6. The highest BCUT2D eigenvalue weighted by Crippen LogP contribution is 2.66. The number of nitrogens with zero attached hydrogens (tertiary/aromatic N) is 2. The quantitative estimate of drug-likeness (QED) is 0.165. The molecule has 8 aromatic carbocycles. The smallest absolute Gasteiger partial charge is 0.333 e. The van der Waals surface area contributed by atoms with Crippen LogP contribution in [0.5, 0.6) is 0 Å². The van der Waals surface area contributed by atoms with Crippen molar-refractivity contribution in [1.82, 2.24) is 4.57 Å². The maximum absolute atomic E-state index is 7.34. The Morgan fingerprint density at radius 2 is 1.16 bits per heavy atom. The molecule has 6 bridgehead atoms. The van der Waals surface area contributed by atoms with Crippen LogP contribution in [0.15, 0.2) is 156 Å². The Labute approximate surface area is 427 Å². The zero-order chi connectivity index (χ0) is 47.3. The molecule has 6 fully saturated rings. The van der Waals surface area contributed by atoms with E-state index in [1.54, 1.807) is 11.1 Å². The number of para-hydroxylation sites is 3. The van der Waals surface area contributed by atoms with Crippen LogP contribution in [0.1, 0.15) is 117 Å². The lowest BCUT2D eigenvalue weighted by atomic mass is 9.41. The van der Waals surface area contributed by atoms with Gasteiger partial charge in [-0.3, -0.25) is 0 Å². The van der Waals surface area contributed by atoms with E-state index < -0.39 is 5.41 Å². The van der Waals surface area contributed by atoms with E-state index in [0.717, 1.165) is 40.8 Å². The Morgan fingerprint density at radius 1 is 0.521 bits per heavy atom. The molecule has 20 rings (SSSR count). The van der Waals surface area contributed by atoms with Crippen molar-refractivity contribution >= 4 is 72.9 Å². The van der Waals surface area contributed by atoms with Crippen LogP contribution in [0.3, 0.4) is 0 Å². The molecule has 7 aliphatic carbocycles. The number of benzene rings is 8. The lowest BCUT2D eigenvalue weighted by molar-refractivity contribution is -0.00509. The van der Waals surface area contributed by atoms with Crippen molar-refractivity contribution in [3.63, 3.8) is 0 Å². The van der Waals surface area contributed by atoms with Gasteiger partial charge in [0.2, 0.25) is 0 Å². The van der Waals surface area contributed by atoms with Crippen LogP contribution in [0, 0.1) is 29.6 Å². The van der Waals surface area contributed by atoms with Crippen molar-refractivity contribution in [2.45, 2.75) is 100 Å². The highest BCUT2D eigenvalue weighted by molar-refractivity contribution is 6.94. The van der Waals surface area contributed by atoms with E-state index in [1.165, 1.54) is 182 Å². The van der Waals surface area contributed by atoms with Gasteiger partial charge in [0.1, 0.15) is 5.58 Å². The molecule has 73 heavy (non-hydrogen) atoms. The Morgan fingerprint density at radius 3 is 1.92 bits per heavy atom. The molecular formula is C69H57BN2O. The molecule has 352 valence electrons. The summed E-state index contributed by atoms with van der Waals surface area (Å²) >= 11 is 0. The Hall–Kier alpha value is -6.78. The largest absolute Gasteiger partial charge is 0.454 e. The van der Waals surface area contributed by atoms with Gasteiger partial charge in [0.25, 0.3) is 0 Å². The molecule has 2 aromatic heterocycles. The van der Waals surface area contributed by atoms with Crippen LogP contribution in [-0.2, 0) is 16.2 Å². The molecule has 3 nitrogen and oxygen atoms in total. The summed E-state index contributed by atoms with van der Waals surface area (Å²) in [5, 5.41) is 5.31. The molecule has 10 aromatic rings. The van der Waals surface area contributed by atoms with Crippen LogP contribution in [0.4, 0.5) is 11.4 Å². The predicted octanol–water partition coefficient (Wildman–Crippen LogP) is 15.9. The van der Waals surface area contributed by atoms with Crippen LogP contribution in [0.2, 0.25) is 0 Å². The van der Waals surface area contributed by atoms with E-state index >= 15 is 0 Å². The monoisotopic (exact) mass is 940 g/mol. The summed E-state index contributed by atoms with van der Waals surface area (Å²) in [5.41, 5.74) is 25.6. The minimum atomic E-state index is -0.484. The Balaban J connectivity index is 0.978. The lowest BCUT2D eigenvalue weighted by Gasteiger charge is -2.57. The molecule has 0 saturated heterocycles. The van der Waals surface area contributed by atoms with Gasteiger partial charge in [0, 0.05) is 38.5 Å². The van der Waals surface area contributed by atoms with Gasteiger partial charge in [-0.2, -0.15) is 0 Å². The number of aromatic nitrogens is 1. The molecule has 3 aliphatic heterocycles. The summed E-state index contributed by atoms with van der Waals surface area (Å²) < 4.78 is 10.1. The topological polar surface area (TPSA) is 21.3 Å². The van der Waals surface area contributed by atoms with Crippen molar-refractivity contribution < 1.29 is 4.42 Å². The van der Waals surface area contributed by atoms with Crippen molar-refractivity contribution in [1.29, 1.82) is 0 Å². The second kappa shape index (κ2) is 13.3.